The molecule has 0 aliphatic carbocycles. The Balaban J connectivity index is 1.71. The van der Waals surface area contributed by atoms with E-state index in [4.69, 9.17) is 4.42 Å². The molecule has 0 aliphatic heterocycles. The number of imidazole rings is 1. The van der Waals surface area contributed by atoms with E-state index >= 15 is 0 Å². The third-order valence-electron chi connectivity index (χ3n) is 3.90. The summed E-state index contributed by atoms with van der Waals surface area (Å²) in [4.78, 5) is 8.63. The summed E-state index contributed by atoms with van der Waals surface area (Å²) in [5.74, 6) is -0.592. The number of benzene rings is 2. The van der Waals surface area contributed by atoms with Crippen molar-refractivity contribution in [2.45, 2.75) is 13.5 Å². The minimum atomic E-state index is -0.906. The number of fused-ring (bicyclic) bond motifs is 1. The van der Waals surface area contributed by atoms with Gasteiger partial charge in [0.25, 0.3) is 0 Å². The minimum Gasteiger partial charge on any atom is -0.441 e. The Labute approximate surface area is 136 Å². The Kier molecular flexibility index (Phi) is 3.37. The van der Waals surface area contributed by atoms with Crippen molar-refractivity contribution in [3.63, 3.8) is 0 Å². The van der Waals surface area contributed by atoms with E-state index in [2.05, 4.69) is 9.97 Å². The lowest BCUT2D eigenvalue weighted by atomic mass is 10.2. The lowest BCUT2D eigenvalue weighted by molar-refractivity contribution is 0.510. The van der Waals surface area contributed by atoms with Gasteiger partial charge in [0.15, 0.2) is 11.6 Å². The third-order valence-corrected chi connectivity index (χ3v) is 3.90. The average molecular weight is 325 g/mol. The van der Waals surface area contributed by atoms with Gasteiger partial charge >= 0.3 is 0 Å². The van der Waals surface area contributed by atoms with Crippen LogP contribution in [0.4, 0.5) is 8.78 Å². The normalized spacial score (nSPS) is 11.3. The summed E-state index contributed by atoms with van der Waals surface area (Å²) in [6, 6.07) is 11.8. The van der Waals surface area contributed by atoms with Crippen molar-refractivity contribution >= 4 is 11.0 Å². The number of hydrogen-bond acceptors (Lipinski definition) is 3. The summed E-state index contributed by atoms with van der Waals surface area (Å²) < 4.78 is 34.2. The topological polar surface area (TPSA) is 43.9 Å². The predicted octanol–water partition coefficient (Wildman–Crippen LogP) is 4.33. The average Bonchev–Trinajstić information content (AvgIpc) is 3.14. The molecule has 0 bridgehead atoms. The Hall–Kier alpha value is -3.02. The largest absolute Gasteiger partial charge is 0.441 e. The van der Waals surface area contributed by atoms with Crippen LogP contribution in [0.5, 0.6) is 0 Å². The van der Waals surface area contributed by atoms with Crippen molar-refractivity contribution in [2.24, 2.45) is 0 Å². The van der Waals surface area contributed by atoms with Gasteiger partial charge in [-0.2, -0.15) is 0 Å². The van der Waals surface area contributed by atoms with Crippen LogP contribution >= 0.6 is 0 Å². The van der Waals surface area contributed by atoms with Gasteiger partial charge in [-0.3, -0.25) is 0 Å². The predicted molar refractivity (Wildman–Crippen MR) is 85.4 cm³/mol. The van der Waals surface area contributed by atoms with E-state index in [1.54, 1.807) is 10.9 Å². The van der Waals surface area contributed by atoms with Crippen LogP contribution in [0.2, 0.25) is 0 Å². The van der Waals surface area contributed by atoms with Gasteiger partial charge in [-0.15, -0.1) is 0 Å². The Morgan fingerprint density at radius 3 is 2.62 bits per heavy atom. The van der Waals surface area contributed by atoms with Gasteiger partial charge in [-0.25, -0.2) is 18.7 Å². The van der Waals surface area contributed by atoms with Crippen molar-refractivity contribution in [3.8, 4) is 11.5 Å². The maximum Gasteiger partial charge on any atom is 0.226 e. The molecule has 2 aromatic heterocycles. The van der Waals surface area contributed by atoms with E-state index in [9.17, 15) is 8.78 Å². The van der Waals surface area contributed by atoms with Gasteiger partial charge in [-0.1, -0.05) is 18.2 Å². The monoisotopic (exact) mass is 325 g/mol. The summed E-state index contributed by atoms with van der Waals surface area (Å²) in [5.41, 5.74) is 2.52. The SMILES string of the molecule is Cc1oc(-c2ccccc2)nc1Cn1cnc2cc(F)c(F)cc21. The van der Waals surface area contributed by atoms with E-state index in [0.29, 0.717) is 29.2 Å². The van der Waals surface area contributed by atoms with E-state index in [1.165, 1.54) is 0 Å². The van der Waals surface area contributed by atoms with Crippen LogP contribution < -0.4 is 0 Å². The number of nitrogens with zero attached hydrogens (tertiary/aromatic N) is 3. The molecule has 4 nitrogen and oxygen atoms in total. The van der Waals surface area contributed by atoms with Gasteiger partial charge in [0.1, 0.15) is 11.5 Å². The molecule has 4 aromatic rings. The standard InChI is InChI=1S/C18H13F2N3O/c1-11-16(22-18(24-11)12-5-3-2-4-6-12)9-23-10-21-15-7-13(19)14(20)8-17(15)23/h2-8,10H,9H2,1H3. The molecule has 0 saturated heterocycles. The lowest BCUT2D eigenvalue weighted by Gasteiger charge is -2.02. The zero-order valence-corrected chi connectivity index (χ0v) is 12.8. The summed E-state index contributed by atoms with van der Waals surface area (Å²) in [6.07, 6.45) is 1.54. The molecule has 2 heterocycles. The number of halogens is 2. The molecule has 0 amide bonds. The van der Waals surface area contributed by atoms with Crippen molar-refractivity contribution in [2.75, 3.05) is 0 Å². The van der Waals surface area contributed by atoms with E-state index < -0.39 is 11.6 Å². The van der Waals surface area contributed by atoms with Crippen LogP contribution in [0.25, 0.3) is 22.5 Å². The molecule has 2 aromatic carbocycles. The number of hydrogen-bond donors (Lipinski definition) is 0. The van der Waals surface area contributed by atoms with Crippen molar-refractivity contribution in [1.82, 2.24) is 14.5 Å². The Morgan fingerprint density at radius 2 is 1.83 bits per heavy atom. The maximum absolute atomic E-state index is 13.5. The lowest BCUT2D eigenvalue weighted by Crippen LogP contribution is -2.00. The fraction of sp³-hybridized carbons (Fsp3) is 0.111. The van der Waals surface area contributed by atoms with Crippen LogP contribution in [0.3, 0.4) is 0 Å². The number of rotatable bonds is 3. The molecule has 0 atom stereocenters. The molecule has 0 N–H and O–H groups in total. The van der Waals surface area contributed by atoms with Gasteiger partial charge in [0.05, 0.1) is 23.9 Å². The van der Waals surface area contributed by atoms with Gasteiger partial charge in [0, 0.05) is 17.7 Å². The first-order valence-corrected chi connectivity index (χ1v) is 7.43. The number of aromatic nitrogens is 3. The van der Waals surface area contributed by atoms with Gasteiger partial charge in [0.2, 0.25) is 5.89 Å². The molecule has 0 aliphatic rings. The second-order valence-electron chi connectivity index (χ2n) is 5.52. The number of oxazole rings is 1. The smallest absolute Gasteiger partial charge is 0.226 e. The molecule has 0 radical (unpaired) electrons. The van der Waals surface area contributed by atoms with Gasteiger partial charge in [-0.05, 0) is 19.1 Å². The van der Waals surface area contributed by atoms with E-state index in [1.807, 2.05) is 37.3 Å². The van der Waals surface area contributed by atoms with Crippen LogP contribution in [0, 0.1) is 18.6 Å². The molecular formula is C18H13F2N3O. The zero-order chi connectivity index (χ0) is 16.7. The van der Waals surface area contributed by atoms with Crippen molar-refractivity contribution < 1.29 is 13.2 Å². The van der Waals surface area contributed by atoms with E-state index in [0.717, 1.165) is 23.4 Å². The Bertz CT molecular complexity index is 1020. The van der Waals surface area contributed by atoms with Crippen LogP contribution in [0.1, 0.15) is 11.5 Å². The molecule has 4 rings (SSSR count). The summed E-state index contributed by atoms with van der Waals surface area (Å²) >= 11 is 0. The van der Waals surface area contributed by atoms with Crippen LogP contribution in [-0.2, 0) is 6.54 Å². The van der Waals surface area contributed by atoms with E-state index in [-0.39, 0.29) is 0 Å². The van der Waals surface area contributed by atoms with Crippen molar-refractivity contribution in [3.05, 3.63) is 71.9 Å². The fourth-order valence-electron chi connectivity index (χ4n) is 2.62. The quantitative estimate of drug-likeness (QED) is 0.563. The minimum absolute atomic E-state index is 0.365. The van der Waals surface area contributed by atoms with Crippen LogP contribution in [-0.4, -0.2) is 14.5 Å². The summed E-state index contributed by atoms with van der Waals surface area (Å²) in [7, 11) is 0. The van der Waals surface area contributed by atoms with Gasteiger partial charge < -0.3 is 8.98 Å². The first kappa shape index (κ1) is 14.6. The molecule has 0 fully saturated rings. The highest BCUT2D eigenvalue weighted by atomic mass is 19.2. The molecule has 120 valence electrons. The highest BCUT2D eigenvalue weighted by molar-refractivity contribution is 5.75. The molecule has 6 heteroatoms. The second-order valence-corrected chi connectivity index (χ2v) is 5.52. The molecule has 24 heavy (non-hydrogen) atoms. The molecule has 0 saturated carbocycles. The van der Waals surface area contributed by atoms with Crippen molar-refractivity contribution in [1.29, 1.82) is 0 Å². The zero-order valence-electron chi connectivity index (χ0n) is 12.8. The first-order chi connectivity index (χ1) is 11.6. The maximum atomic E-state index is 13.5. The summed E-state index contributed by atoms with van der Waals surface area (Å²) in [5, 5.41) is 0. The highest BCUT2D eigenvalue weighted by Gasteiger charge is 2.14. The molecule has 0 unspecified atom stereocenters. The summed E-state index contributed by atoms with van der Waals surface area (Å²) in [6.45, 7) is 2.19. The third kappa shape index (κ3) is 2.46. The Morgan fingerprint density at radius 1 is 1.08 bits per heavy atom. The second kappa shape index (κ2) is 5.56. The first-order valence-electron chi connectivity index (χ1n) is 7.43. The highest BCUT2D eigenvalue weighted by Crippen LogP contribution is 2.23. The fourth-order valence-corrected chi connectivity index (χ4v) is 2.62. The molecule has 0 spiro atoms. The molecular weight excluding hydrogens is 312 g/mol. The van der Waals surface area contributed by atoms with Crippen LogP contribution in [0.15, 0.2) is 53.2 Å². The number of aryl methyl sites for hydroxylation is 1.